The molecule has 146 valence electrons. The molecule has 2 unspecified atom stereocenters. The number of nitrogens with zero attached hydrogens (tertiary/aromatic N) is 1. The van der Waals surface area contributed by atoms with Gasteiger partial charge in [-0.1, -0.05) is 76.7 Å². The smallest absolute Gasteiger partial charge is 0.549 e. The van der Waals surface area contributed by atoms with Crippen molar-refractivity contribution in [3.05, 3.63) is 24.3 Å². The predicted octanol–water partition coefficient (Wildman–Crippen LogP) is 1.87. The Kier molecular flexibility index (Phi) is 20.6. The van der Waals surface area contributed by atoms with Gasteiger partial charge in [-0.25, -0.2) is 0 Å². The van der Waals surface area contributed by atoms with Gasteiger partial charge in [-0.15, -0.1) is 0 Å². The number of rotatable bonds is 16. The first-order valence-electron chi connectivity index (χ1n) is 10.3. The Bertz CT molecular complexity index is 354. The monoisotopic (exact) mass is 357 g/mol. The molecule has 0 saturated carbocycles. The Labute approximate surface area is 174 Å². The number of carboxylic acid groups (broad SMARTS) is 1. The van der Waals surface area contributed by atoms with Crippen molar-refractivity contribution in [3.8, 4) is 0 Å². The molecule has 0 N–H and O–H groups in total. The van der Waals surface area contributed by atoms with E-state index >= 15 is 0 Å². The van der Waals surface area contributed by atoms with E-state index in [4.69, 9.17) is 0 Å². The van der Waals surface area contributed by atoms with Crippen molar-refractivity contribution < 1.29 is 28.8 Å². The van der Waals surface area contributed by atoms with E-state index in [9.17, 15) is 9.90 Å². The average Bonchev–Trinajstić information content (AvgIpc) is 2.58. The van der Waals surface area contributed by atoms with Crippen molar-refractivity contribution in [1.29, 1.82) is 0 Å². The van der Waals surface area contributed by atoms with E-state index in [1.165, 1.54) is 51.4 Å². The summed E-state index contributed by atoms with van der Waals surface area (Å²) in [7, 11) is 0. The molecule has 0 aliphatic heterocycles. The first-order valence-corrected chi connectivity index (χ1v) is 10.3. The summed E-state index contributed by atoms with van der Waals surface area (Å²) < 4.78 is 0. The van der Waals surface area contributed by atoms with Crippen LogP contribution < -0.4 is 24.0 Å². The van der Waals surface area contributed by atoms with E-state index in [1.807, 2.05) is 4.90 Å². The number of allylic oxidation sites excluding steroid dienone is 2. The summed E-state index contributed by atoms with van der Waals surface area (Å²) in [6, 6.07) is 0.202. The third-order valence-electron chi connectivity index (χ3n) is 4.64. The van der Waals surface area contributed by atoms with Crippen molar-refractivity contribution in [1.82, 2.24) is 4.90 Å². The van der Waals surface area contributed by atoms with Crippen LogP contribution in [0, 0.1) is 0 Å². The molecule has 0 radical (unpaired) electrons. The predicted molar refractivity (Wildman–Crippen MR) is 106 cm³/mol. The van der Waals surface area contributed by atoms with Gasteiger partial charge in [0.2, 0.25) is 0 Å². The first kappa shape index (κ1) is 27.7. The van der Waals surface area contributed by atoms with Gasteiger partial charge in [0.25, 0.3) is 0 Å². The molecule has 0 aromatic carbocycles. The van der Waals surface area contributed by atoms with Gasteiger partial charge in [-0.05, 0) is 39.5 Å². The quantitative estimate of drug-likeness (QED) is 0.241. The second-order valence-electron chi connectivity index (χ2n) is 7.08. The van der Waals surface area contributed by atoms with E-state index in [2.05, 4.69) is 52.0 Å². The minimum atomic E-state index is -1.01. The third kappa shape index (κ3) is 15.7. The van der Waals surface area contributed by atoms with E-state index in [1.54, 1.807) is 0 Å². The van der Waals surface area contributed by atoms with Crippen LogP contribution >= 0.6 is 0 Å². The summed E-state index contributed by atoms with van der Waals surface area (Å²) in [6.45, 7) is 8.54. The number of carbonyl (C=O) groups is 1. The van der Waals surface area contributed by atoms with Crippen molar-refractivity contribution in [3.63, 3.8) is 0 Å². The first-order chi connectivity index (χ1) is 12.0. The van der Waals surface area contributed by atoms with Crippen molar-refractivity contribution in [2.24, 2.45) is 0 Å². The van der Waals surface area contributed by atoms with Crippen LogP contribution in [0.5, 0.6) is 0 Å². The number of carboxylic acids is 1. The molecule has 0 aliphatic rings. The Balaban J connectivity index is 0. The van der Waals surface area contributed by atoms with Crippen molar-refractivity contribution >= 4 is 5.97 Å². The molecule has 3 nitrogen and oxygen atoms in total. The van der Waals surface area contributed by atoms with Crippen molar-refractivity contribution in [2.45, 2.75) is 104 Å². The summed E-state index contributed by atoms with van der Waals surface area (Å²) in [5.74, 6) is -1.01. The van der Waals surface area contributed by atoms with Gasteiger partial charge in [-0.3, -0.25) is 4.90 Å². The average molecular weight is 358 g/mol. The summed E-state index contributed by atoms with van der Waals surface area (Å²) in [4.78, 5) is 13.1. The molecule has 0 rings (SSSR count). The third-order valence-corrected chi connectivity index (χ3v) is 4.64. The number of carbonyl (C=O) groups excluding carboxylic acids is 1. The maximum atomic E-state index is 11.1. The molecule has 2 atom stereocenters. The zero-order chi connectivity index (χ0) is 18.9. The van der Waals surface area contributed by atoms with Crippen LogP contribution in [0.2, 0.25) is 0 Å². The van der Waals surface area contributed by atoms with Gasteiger partial charge in [0.15, 0.2) is 0 Å². The Hall–Kier alpha value is -0.493. The van der Waals surface area contributed by atoms with Crippen LogP contribution in [0.4, 0.5) is 0 Å². The van der Waals surface area contributed by atoms with Gasteiger partial charge in [-0.2, -0.15) is 0 Å². The van der Waals surface area contributed by atoms with Crippen molar-refractivity contribution in [2.75, 3.05) is 6.54 Å². The standard InChI is InChI=1S/C22H41NO2.Li/c1-5-7-9-11-13-15-17-20(3)23(19-22(24)25)21(4)18-16-14-12-10-8-6-2;/h15-18,20-21H,5-14,19H2,1-4H3,(H,24,25);/q;+1/p-1/b17-15+,18-16+;. The molecule has 0 bridgehead atoms. The summed E-state index contributed by atoms with van der Waals surface area (Å²) in [6.07, 6.45) is 20.9. The molecule has 26 heavy (non-hydrogen) atoms. The normalized spacial score (nSPS) is 14.0. The van der Waals surface area contributed by atoms with E-state index in [-0.39, 0.29) is 37.5 Å². The minimum absolute atomic E-state index is 0. The van der Waals surface area contributed by atoms with Crippen LogP contribution in [0.1, 0.15) is 91.9 Å². The van der Waals surface area contributed by atoms with Gasteiger partial charge in [0, 0.05) is 18.6 Å². The molecule has 0 spiro atoms. The largest absolute Gasteiger partial charge is 1.00 e. The molecule has 0 saturated heterocycles. The molecule has 0 fully saturated rings. The summed E-state index contributed by atoms with van der Waals surface area (Å²) in [5, 5.41) is 11.1. The fraction of sp³-hybridized carbons (Fsp3) is 0.773. The molecule has 0 aromatic heterocycles. The zero-order valence-electron chi connectivity index (χ0n) is 18.0. The van der Waals surface area contributed by atoms with Gasteiger partial charge in [0.1, 0.15) is 0 Å². The number of aliphatic carboxylic acids is 1. The van der Waals surface area contributed by atoms with Gasteiger partial charge >= 0.3 is 18.9 Å². The Morgan fingerprint density at radius 1 is 0.846 bits per heavy atom. The molecular weight excluding hydrogens is 317 g/mol. The Morgan fingerprint density at radius 3 is 1.62 bits per heavy atom. The van der Waals surface area contributed by atoms with Crippen LogP contribution in [-0.2, 0) is 4.79 Å². The molecule has 0 aromatic rings. The van der Waals surface area contributed by atoms with Crippen LogP contribution in [-0.4, -0.2) is 29.5 Å². The Morgan fingerprint density at radius 2 is 1.27 bits per heavy atom. The van der Waals surface area contributed by atoms with Gasteiger partial charge < -0.3 is 9.90 Å². The fourth-order valence-corrected chi connectivity index (χ4v) is 2.99. The summed E-state index contributed by atoms with van der Waals surface area (Å²) in [5.41, 5.74) is 0. The topological polar surface area (TPSA) is 43.4 Å². The molecule has 0 aliphatic carbocycles. The van der Waals surface area contributed by atoms with Crippen LogP contribution in [0.15, 0.2) is 24.3 Å². The SMILES string of the molecule is CCCCCC/C=C/C(C)N(CC(=O)[O-])C(C)/C=C/CCCCCC.[Li+]. The number of hydrogen-bond acceptors (Lipinski definition) is 3. The number of unbranched alkanes of at least 4 members (excludes halogenated alkanes) is 8. The second-order valence-corrected chi connectivity index (χ2v) is 7.08. The van der Waals surface area contributed by atoms with E-state index in [0.29, 0.717) is 0 Å². The molecule has 0 heterocycles. The minimum Gasteiger partial charge on any atom is -0.549 e. The maximum absolute atomic E-state index is 11.1. The second kappa shape index (κ2) is 19.3. The molecule has 4 heteroatoms. The van der Waals surface area contributed by atoms with Gasteiger partial charge in [0.05, 0.1) is 5.97 Å². The molecule has 0 amide bonds. The van der Waals surface area contributed by atoms with E-state index in [0.717, 1.165) is 12.8 Å². The van der Waals surface area contributed by atoms with Crippen LogP contribution in [0.3, 0.4) is 0 Å². The van der Waals surface area contributed by atoms with Crippen LogP contribution in [0.25, 0.3) is 0 Å². The fourth-order valence-electron chi connectivity index (χ4n) is 2.99. The number of hydrogen-bond donors (Lipinski definition) is 0. The van der Waals surface area contributed by atoms with E-state index < -0.39 is 5.97 Å². The summed E-state index contributed by atoms with van der Waals surface area (Å²) >= 11 is 0. The zero-order valence-corrected chi connectivity index (χ0v) is 18.0. The molecular formula is C22H40LiNO2. The maximum Gasteiger partial charge on any atom is 1.00 e.